The van der Waals surface area contributed by atoms with Gasteiger partial charge in [0.25, 0.3) is 0 Å². The topological polar surface area (TPSA) is 57.7 Å². The lowest BCUT2D eigenvalue weighted by molar-refractivity contribution is 0.0612. The summed E-state index contributed by atoms with van der Waals surface area (Å²) in [5, 5.41) is 0. The molecule has 1 atom stereocenters. The SMILES string of the molecule is CS(=O)(=O)N1CCc2cc(C(=O)C3CCCN(C4CCC4)C3)ccc2C1. The first kappa shape index (κ1) is 18.1. The molecule has 0 aromatic heterocycles. The Labute approximate surface area is 156 Å². The lowest BCUT2D eigenvalue weighted by Crippen LogP contribution is -2.47. The minimum Gasteiger partial charge on any atom is -0.300 e. The third-order valence-corrected chi connectivity index (χ3v) is 7.60. The van der Waals surface area contributed by atoms with E-state index in [1.54, 1.807) is 0 Å². The number of carbonyl (C=O) groups is 1. The van der Waals surface area contributed by atoms with Crippen LogP contribution in [-0.4, -0.2) is 55.3 Å². The van der Waals surface area contributed by atoms with Crippen molar-refractivity contribution in [2.24, 2.45) is 5.92 Å². The lowest BCUT2D eigenvalue weighted by Gasteiger charge is -2.42. The Hall–Kier alpha value is -1.24. The van der Waals surface area contributed by atoms with Gasteiger partial charge >= 0.3 is 0 Å². The monoisotopic (exact) mass is 376 g/mol. The molecule has 0 amide bonds. The zero-order valence-corrected chi connectivity index (χ0v) is 16.3. The first-order chi connectivity index (χ1) is 12.4. The summed E-state index contributed by atoms with van der Waals surface area (Å²) in [5.41, 5.74) is 2.96. The highest BCUT2D eigenvalue weighted by Crippen LogP contribution is 2.31. The fourth-order valence-corrected chi connectivity index (χ4v) is 5.30. The third kappa shape index (κ3) is 3.59. The van der Waals surface area contributed by atoms with Crippen molar-refractivity contribution in [1.29, 1.82) is 0 Å². The van der Waals surface area contributed by atoms with Crippen molar-refractivity contribution < 1.29 is 13.2 Å². The number of carbonyl (C=O) groups excluding carboxylic acids is 1. The standard InChI is InChI=1S/C20H28N2O3S/c1-26(24,25)22-11-9-15-12-16(7-8-17(15)14-22)20(23)18-4-3-10-21(13-18)19-5-2-6-19/h7-8,12,18-19H,2-6,9-11,13-14H2,1H3. The molecule has 3 aliphatic rings. The van der Waals surface area contributed by atoms with Crippen LogP contribution in [0.1, 0.15) is 53.6 Å². The van der Waals surface area contributed by atoms with Gasteiger partial charge in [-0.3, -0.25) is 9.69 Å². The average Bonchev–Trinajstić information content (AvgIpc) is 2.58. The van der Waals surface area contributed by atoms with Crippen molar-refractivity contribution in [1.82, 2.24) is 9.21 Å². The molecule has 0 N–H and O–H groups in total. The molecule has 1 unspecified atom stereocenters. The van der Waals surface area contributed by atoms with E-state index < -0.39 is 10.0 Å². The van der Waals surface area contributed by atoms with Gasteiger partial charge in [-0.25, -0.2) is 8.42 Å². The number of nitrogens with zero attached hydrogens (tertiary/aromatic N) is 2. The average molecular weight is 377 g/mol. The van der Waals surface area contributed by atoms with E-state index in [-0.39, 0.29) is 11.7 Å². The van der Waals surface area contributed by atoms with Crippen LogP contribution in [0.4, 0.5) is 0 Å². The first-order valence-electron chi connectivity index (χ1n) is 9.77. The molecular weight excluding hydrogens is 348 g/mol. The minimum atomic E-state index is -3.16. The molecule has 2 heterocycles. The van der Waals surface area contributed by atoms with Crippen molar-refractivity contribution in [3.8, 4) is 0 Å². The van der Waals surface area contributed by atoms with Gasteiger partial charge in [-0.1, -0.05) is 18.6 Å². The van der Waals surface area contributed by atoms with Crippen molar-refractivity contribution >= 4 is 15.8 Å². The van der Waals surface area contributed by atoms with E-state index in [0.29, 0.717) is 25.6 Å². The Kier molecular flexibility index (Phi) is 4.92. The molecule has 4 rings (SSSR count). The number of ketones is 1. The number of piperidine rings is 1. The highest BCUT2D eigenvalue weighted by molar-refractivity contribution is 7.88. The fourth-order valence-electron chi connectivity index (χ4n) is 4.50. The highest BCUT2D eigenvalue weighted by Gasteiger charge is 2.33. The Morgan fingerprint density at radius 2 is 1.88 bits per heavy atom. The van der Waals surface area contributed by atoms with Crippen LogP contribution in [0.2, 0.25) is 0 Å². The summed E-state index contributed by atoms with van der Waals surface area (Å²) in [7, 11) is -3.16. The number of Topliss-reactive ketones (excluding diaryl/α,β-unsaturated/α-hetero) is 1. The maximum absolute atomic E-state index is 13.1. The van der Waals surface area contributed by atoms with Crippen LogP contribution in [-0.2, 0) is 23.0 Å². The van der Waals surface area contributed by atoms with Crippen LogP contribution < -0.4 is 0 Å². The molecule has 0 bridgehead atoms. The van der Waals surface area contributed by atoms with Gasteiger partial charge in [-0.15, -0.1) is 0 Å². The van der Waals surface area contributed by atoms with Crippen molar-refractivity contribution in [3.63, 3.8) is 0 Å². The zero-order chi connectivity index (χ0) is 18.3. The van der Waals surface area contributed by atoms with E-state index in [2.05, 4.69) is 4.90 Å². The van der Waals surface area contributed by atoms with E-state index in [1.165, 1.54) is 29.8 Å². The molecule has 2 aliphatic heterocycles. The summed E-state index contributed by atoms with van der Waals surface area (Å²) in [4.78, 5) is 15.6. The van der Waals surface area contributed by atoms with Crippen molar-refractivity contribution in [2.45, 2.75) is 51.1 Å². The highest BCUT2D eigenvalue weighted by atomic mass is 32.2. The quantitative estimate of drug-likeness (QED) is 0.758. The van der Waals surface area contributed by atoms with E-state index in [1.807, 2.05) is 18.2 Å². The van der Waals surface area contributed by atoms with E-state index in [0.717, 1.165) is 42.6 Å². The van der Waals surface area contributed by atoms with Crippen LogP contribution in [0.5, 0.6) is 0 Å². The molecule has 2 fully saturated rings. The van der Waals surface area contributed by atoms with Gasteiger partial charge in [0, 0.05) is 37.2 Å². The Bertz CT molecular complexity index is 801. The summed E-state index contributed by atoms with van der Waals surface area (Å²) >= 11 is 0. The predicted molar refractivity (Wildman–Crippen MR) is 102 cm³/mol. The number of rotatable bonds is 4. The molecule has 26 heavy (non-hydrogen) atoms. The maximum Gasteiger partial charge on any atom is 0.211 e. The summed E-state index contributed by atoms with van der Waals surface area (Å²) < 4.78 is 25.0. The second-order valence-electron chi connectivity index (χ2n) is 8.11. The van der Waals surface area contributed by atoms with E-state index in [4.69, 9.17) is 0 Å². The Morgan fingerprint density at radius 3 is 2.58 bits per heavy atom. The van der Waals surface area contributed by atoms with Gasteiger partial charge in [-0.05, 0) is 55.8 Å². The van der Waals surface area contributed by atoms with Gasteiger partial charge in [0.15, 0.2) is 5.78 Å². The van der Waals surface area contributed by atoms with Gasteiger partial charge in [0.1, 0.15) is 0 Å². The van der Waals surface area contributed by atoms with Gasteiger partial charge in [0.05, 0.1) is 6.26 Å². The lowest BCUT2D eigenvalue weighted by atomic mass is 9.84. The van der Waals surface area contributed by atoms with Crippen molar-refractivity contribution in [2.75, 3.05) is 25.9 Å². The summed E-state index contributed by atoms with van der Waals surface area (Å²) in [6, 6.07) is 6.57. The molecule has 1 saturated heterocycles. The Balaban J connectivity index is 1.47. The third-order valence-electron chi connectivity index (χ3n) is 6.35. The number of hydrogen-bond acceptors (Lipinski definition) is 4. The second kappa shape index (κ2) is 7.06. The Morgan fingerprint density at radius 1 is 1.08 bits per heavy atom. The number of likely N-dealkylation sites (tertiary alicyclic amines) is 1. The summed E-state index contributed by atoms with van der Waals surface area (Å²) in [5.74, 6) is 0.376. The molecule has 1 aliphatic carbocycles. The van der Waals surface area contributed by atoms with Crippen LogP contribution in [0.3, 0.4) is 0 Å². The molecule has 1 aromatic carbocycles. The van der Waals surface area contributed by atoms with Crippen molar-refractivity contribution in [3.05, 3.63) is 34.9 Å². The number of hydrogen-bond donors (Lipinski definition) is 0. The first-order valence-corrected chi connectivity index (χ1v) is 11.6. The minimum absolute atomic E-state index is 0.110. The molecule has 0 radical (unpaired) electrons. The molecule has 1 saturated carbocycles. The van der Waals surface area contributed by atoms with Crippen LogP contribution in [0.25, 0.3) is 0 Å². The molecule has 1 aromatic rings. The van der Waals surface area contributed by atoms with Gasteiger partial charge in [0.2, 0.25) is 10.0 Å². The summed E-state index contributed by atoms with van der Waals surface area (Å²) in [6.45, 7) is 2.96. The smallest absolute Gasteiger partial charge is 0.211 e. The van der Waals surface area contributed by atoms with Crippen LogP contribution in [0, 0.1) is 5.92 Å². The second-order valence-corrected chi connectivity index (χ2v) is 10.1. The van der Waals surface area contributed by atoms with E-state index in [9.17, 15) is 13.2 Å². The summed E-state index contributed by atoms with van der Waals surface area (Å²) in [6.07, 6.45) is 7.94. The molecule has 0 spiro atoms. The predicted octanol–water partition coefficient (Wildman–Crippen LogP) is 2.45. The molecule has 5 nitrogen and oxygen atoms in total. The maximum atomic E-state index is 13.1. The number of fused-ring (bicyclic) bond motifs is 1. The zero-order valence-electron chi connectivity index (χ0n) is 15.5. The largest absolute Gasteiger partial charge is 0.300 e. The van der Waals surface area contributed by atoms with Gasteiger partial charge < -0.3 is 0 Å². The fraction of sp³-hybridized carbons (Fsp3) is 0.650. The van der Waals surface area contributed by atoms with Gasteiger partial charge in [-0.2, -0.15) is 4.31 Å². The molecule has 6 heteroatoms. The number of sulfonamides is 1. The molecule has 142 valence electrons. The van der Waals surface area contributed by atoms with Crippen LogP contribution in [0.15, 0.2) is 18.2 Å². The molecular formula is C20H28N2O3S. The number of benzene rings is 1. The van der Waals surface area contributed by atoms with Crippen LogP contribution >= 0.6 is 0 Å². The normalized spacial score (nSPS) is 25.5. The van der Waals surface area contributed by atoms with E-state index >= 15 is 0 Å².